The van der Waals surface area contributed by atoms with E-state index in [0.29, 0.717) is 12.0 Å². The minimum absolute atomic E-state index is 0.0128. The summed E-state index contributed by atoms with van der Waals surface area (Å²) in [4.78, 5) is 14.4. The van der Waals surface area contributed by atoms with E-state index in [1.54, 1.807) is 0 Å². The van der Waals surface area contributed by atoms with Gasteiger partial charge in [-0.2, -0.15) is 15.0 Å². The molecule has 1 aromatic rings. The number of ether oxygens (including phenoxy) is 1. The molecule has 0 spiro atoms. The van der Waals surface area contributed by atoms with Gasteiger partial charge in [0.05, 0.1) is 6.10 Å². The standard InChI is InChI=1S/C11H21N5O/c1-6-16(7(2)3)10-13-9(12)14-11(15-10)17-8(4)5/h7-8H,6H2,1-5H3,(H2,12,13,14,15). The third-order valence-electron chi connectivity index (χ3n) is 2.18. The lowest BCUT2D eigenvalue weighted by molar-refractivity contribution is 0.222. The lowest BCUT2D eigenvalue weighted by atomic mass is 10.3. The molecule has 17 heavy (non-hydrogen) atoms. The van der Waals surface area contributed by atoms with E-state index < -0.39 is 0 Å². The molecule has 0 unspecified atom stereocenters. The van der Waals surface area contributed by atoms with E-state index in [4.69, 9.17) is 10.5 Å². The highest BCUT2D eigenvalue weighted by molar-refractivity contribution is 5.36. The lowest BCUT2D eigenvalue weighted by Crippen LogP contribution is -2.32. The molecule has 0 bridgehead atoms. The van der Waals surface area contributed by atoms with E-state index in [9.17, 15) is 0 Å². The predicted molar refractivity (Wildman–Crippen MR) is 68.2 cm³/mol. The number of anilines is 2. The van der Waals surface area contributed by atoms with E-state index in [1.807, 2.05) is 25.7 Å². The quantitative estimate of drug-likeness (QED) is 0.838. The van der Waals surface area contributed by atoms with Gasteiger partial charge in [-0.25, -0.2) is 0 Å². The zero-order valence-electron chi connectivity index (χ0n) is 11.1. The second kappa shape index (κ2) is 5.65. The van der Waals surface area contributed by atoms with Gasteiger partial charge in [-0.05, 0) is 34.6 Å². The van der Waals surface area contributed by atoms with Crippen LogP contribution in [-0.4, -0.2) is 33.6 Å². The van der Waals surface area contributed by atoms with Crippen molar-refractivity contribution in [2.45, 2.75) is 46.8 Å². The molecule has 0 amide bonds. The van der Waals surface area contributed by atoms with Gasteiger partial charge in [-0.1, -0.05) is 0 Å². The molecule has 0 fully saturated rings. The van der Waals surface area contributed by atoms with E-state index in [0.717, 1.165) is 6.54 Å². The fourth-order valence-electron chi connectivity index (χ4n) is 1.49. The molecule has 6 nitrogen and oxygen atoms in total. The minimum atomic E-state index is 0.0128. The van der Waals surface area contributed by atoms with Crippen molar-refractivity contribution in [2.24, 2.45) is 0 Å². The minimum Gasteiger partial charge on any atom is -0.461 e. The summed E-state index contributed by atoms with van der Waals surface area (Å²) in [6, 6.07) is 0.579. The van der Waals surface area contributed by atoms with Gasteiger partial charge in [-0.3, -0.25) is 0 Å². The van der Waals surface area contributed by atoms with E-state index in [2.05, 4.69) is 28.8 Å². The molecule has 0 aliphatic carbocycles. The summed E-state index contributed by atoms with van der Waals surface area (Å²) in [7, 11) is 0. The number of rotatable bonds is 5. The molecule has 0 atom stereocenters. The van der Waals surface area contributed by atoms with Crippen molar-refractivity contribution in [3.8, 4) is 6.01 Å². The first-order valence-electron chi connectivity index (χ1n) is 5.88. The summed E-state index contributed by atoms with van der Waals surface area (Å²) in [6.45, 7) is 10.8. The van der Waals surface area contributed by atoms with Crippen LogP contribution < -0.4 is 15.4 Å². The first kappa shape index (κ1) is 13.5. The van der Waals surface area contributed by atoms with Crippen molar-refractivity contribution in [3.63, 3.8) is 0 Å². The number of nitrogens with zero attached hydrogens (tertiary/aromatic N) is 4. The molecule has 96 valence electrons. The Balaban J connectivity index is 3.03. The van der Waals surface area contributed by atoms with Crippen LogP contribution in [0.15, 0.2) is 0 Å². The highest BCUT2D eigenvalue weighted by atomic mass is 16.5. The zero-order chi connectivity index (χ0) is 13.0. The summed E-state index contributed by atoms with van der Waals surface area (Å²) >= 11 is 0. The van der Waals surface area contributed by atoms with Gasteiger partial charge in [0.1, 0.15) is 0 Å². The molecular weight excluding hydrogens is 218 g/mol. The number of aromatic nitrogens is 3. The molecule has 0 aliphatic heterocycles. The molecular formula is C11H21N5O. The van der Waals surface area contributed by atoms with Crippen LogP contribution in [0.2, 0.25) is 0 Å². The lowest BCUT2D eigenvalue weighted by Gasteiger charge is -2.25. The van der Waals surface area contributed by atoms with Crippen molar-refractivity contribution < 1.29 is 4.74 Å². The van der Waals surface area contributed by atoms with Crippen LogP contribution in [-0.2, 0) is 0 Å². The monoisotopic (exact) mass is 239 g/mol. The largest absolute Gasteiger partial charge is 0.461 e. The predicted octanol–water partition coefficient (Wildman–Crippen LogP) is 1.48. The van der Waals surface area contributed by atoms with Gasteiger partial charge in [0.2, 0.25) is 11.9 Å². The summed E-state index contributed by atoms with van der Waals surface area (Å²) < 4.78 is 5.44. The van der Waals surface area contributed by atoms with Crippen LogP contribution in [0.5, 0.6) is 6.01 Å². The molecule has 2 N–H and O–H groups in total. The summed E-state index contributed by atoms with van der Waals surface area (Å²) in [5.74, 6) is 0.746. The molecule has 0 aliphatic rings. The van der Waals surface area contributed by atoms with Crippen molar-refractivity contribution in [3.05, 3.63) is 0 Å². The van der Waals surface area contributed by atoms with Crippen LogP contribution in [0.3, 0.4) is 0 Å². The van der Waals surface area contributed by atoms with Gasteiger partial charge < -0.3 is 15.4 Å². The Morgan fingerprint density at radius 3 is 2.29 bits per heavy atom. The number of hydrogen-bond donors (Lipinski definition) is 1. The van der Waals surface area contributed by atoms with Crippen LogP contribution in [0.25, 0.3) is 0 Å². The normalized spacial score (nSPS) is 11.0. The van der Waals surface area contributed by atoms with Gasteiger partial charge >= 0.3 is 6.01 Å². The summed E-state index contributed by atoms with van der Waals surface area (Å²) in [5.41, 5.74) is 5.66. The van der Waals surface area contributed by atoms with Crippen molar-refractivity contribution in [1.29, 1.82) is 0 Å². The molecule has 0 aromatic carbocycles. The molecule has 1 heterocycles. The Kier molecular flexibility index (Phi) is 4.48. The van der Waals surface area contributed by atoms with Crippen LogP contribution >= 0.6 is 0 Å². The Bertz CT molecular complexity index is 367. The molecule has 6 heteroatoms. The van der Waals surface area contributed by atoms with E-state index >= 15 is 0 Å². The molecule has 1 aromatic heterocycles. The Morgan fingerprint density at radius 2 is 1.82 bits per heavy atom. The van der Waals surface area contributed by atoms with Crippen molar-refractivity contribution >= 4 is 11.9 Å². The topological polar surface area (TPSA) is 77.2 Å². The molecule has 0 saturated heterocycles. The number of hydrogen-bond acceptors (Lipinski definition) is 6. The Hall–Kier alpha value is -1.59. The second-order valence-corrected chi connectivity index (χ2v) is 4.32. The summed E-state index contributed by atoms with van der Waals surface area (Å²) in [6.07, 6.45) is 0.0128. The van der Waals surface area contributed by atoms with E-state index in [1.165, 1.54) is 0 Å². The molecule has 1 rings (SSSR count). The highest BCUT2D eigenvalue weighted by Gasteiger charge is 2.15. The number of nitrogens with two attached hydrogens (primary N) is 1. The van der Waals surface area contributed by atoms with Gasteiger partial charge in [0.15, 0.2) is 0 Å². The van der Waals surface area contributed by atoms with Gasteiger partial charge in [-0.15, -0.1) is 0 Å². The van der Waals surface area contributed by atoms with Crippen LogP contribution in [0.4, 0.5) is 11.9 Å². The first-order valence-corrected chi connectivity index (χ1v) is 5.88. The maximum atomic E-state index is 5.66. The Morgan fingerprint density at radius 1 is 1.18 bits per heavy atom. The van der Waals surface area contributed by atoms with Crippen molar-refractivity contribution in [1.82, 2.24) is 15.0 Å². The maximum absolute atomic E-state index is 5.66. The SMILES string of the molecule is CCN(c1nc(N)nc(OC(C)C)n1)C(C)C. The second-order valence-electron chi connectivity index (χ2n) is 4.32. The molecule has 0 radical (unpaired) electrons. The smallest absolute Gasteiger partial charge is 0.323 e. The fraction of sp³-hybridized carbons (Fsp3) is 0.727. The average molecular weight is 239 g/mol. The molecule has 0 saturated carbocycles. The number of nitrogen functional groups attached to an aromatic ring is 1. The van der Waals surface area contributed by atoms with Crippen molar-refractivity contribution in [2.75, 3.05) is 17.2 Å². The third kappa shape index (κ3) is 3.72. The first-order chi connectivity index (χ1) is 7.93. The zero-order valence-corrected chi connectivity index (χ0v) is 11.1. The highest BCUT2D eigenvalue weighted by Crippen LogP contribution is 2.16. The maximum Gasteiger partial charge on any atom is 0.323 e. The fourth-order valence-corrected chi connectivity index (χ4v) is 1.49. The van der Waals surface area contributed by atoms with Crippen LogP contribution in [0.1, 0.15) is 34.6 Å². The van der Waals surface area contributed by atoms with Gasteiger partial charge in [0.25, 0.3) is 0 Å². The Labute approximate surface area is 102 Å². The third-order valence-corrected chi connectivity index (χ3v) is 2.18. The van der Waals surface area contributed by atoms with E-state index in [-0.39, 0.29) is 18.1 Å². The average Bonchev–Trinajstić information content (AvgIpc) is 2.15. The van der Waals surface area contributed by atoms with Gasteiger partial charge in [0, 0.05) is 12.6 Å². The van der Waals surface area contributed by atoms with Crippen LogP contribution in [0, 0.1) is 0 Å². The summed E-state index contributed by atoms with van der Waals surface area (Å²) in [5, 5.41) is 0.